The Hall–Kier alpha value is -3.35. The molecule has 1 aliphatic rings. The summed E-state index contributed by atoms with van der Waals surface area (Å²) in [5.74, 6) is 0.107. The van der Waals surface area contributed by atoms with E-state index >= 15 is 0 Å². The smallest absolute Gasteiger partial charge is 0.276 e. The molecule has 1 aliphatic carbocycles. The second-order valence-corrected chi connectivity index (χ2v) is 6.67. The van der Waals surface area contributed by atoms with Gasteiger partial charge in [-0.1, -0.05) is 0 Å². The number of hydrazine groups is 1. The zero-order valence-corrected chi connectivity index (χ0v) is 15.1. The first kappa shape index (κ1) is 18.0. The first-order valence-corrected chi connectivity index (χ1v) is 9.12. The number of furan rings is 1. The summed E-state index contributed by atoms with van der Waals surface area (Å²) in [4.78, 5) is 23.8. The zero-order chi connectivity index (χ0) is 19.5. The second-order valence-electron chi connectivity index (χ2n) is 6.67. The van der Waals surface area contributed by atoms with Crippen LogP contribution in [-0.4, -0.2) is 18.4 Å². The number of carbonyl (C=O) groups excluding carboxylic acids is 2. The molecule has 0 unspecified atom stereocenters. The maximum atomic E-state index is 12.9. The van der Waals surface area contributed by atoms with Gasteiger partial charge >= 0.3 is 0 Å². The van der Waals surface area contributed by atoms with Gasteiger partial charge in [-0.2, -0.15) is 0 Å². The van der Waals surface area contributed by atoms with Crippen LogP contribution in [0, 0.1) is 5.82 Å². The largest absolute Gasteiger partial charge is 0.484 e. The molecule has 7 heteroatoms. The molecule has 0 fully saturated rings. The maximum Gasteiger partial charge on any atom is 0.276 e. The lowest BCUT2D eigenvalue weighted by Gasteiger charge is -2.10. The van der Waals surface area contributed by atoms with Gasteiger partial charge in [0, 0.05) is 22.9 Å². The molecule has 1 aromatic heterocycles. The summed E-state index contributed by atoms with van der Waals surface area (Å²) in [5, 5.41) is 1.03. The van der Waals surface area contributed by atoms with Crippen molar-refractivity contribution in [1.82, 2.24) is 10.9 Å². The summed E-state index contributed by atoms with van der Waals surface area (Å²) < 4.78 is 24.3. The van der Waals surface area contributed by atoms with Crippen molar-refractivity contribution >= 4 is 22.8 Å². The number of rotatable bonds is 4. The molecule has 0 spiro atoms. The van der Waals surface area contributed by atoms with Gasteiger partial charge in [0.2, 0.25) is 0 Å². The number of nitrogens with one attached hydrogen (secondary N) is 2. The highest BCUT2D eigenvalue weighted by Crippen LogP contribution is 2.33. The predicted molar refractivity (Wildman–Crippen MR) is 100 cm³/mol. The Kier molecular flexibility index (Phi) is 4.97. The first-order chi connectivity index (χ1) is 13.6. The minimum atomic E-state index is -0.542. The third kappa shape index (κ3) is 3.83. The van der Waals surface area contributed by atoms with Gasteiger partial charge in [0.1, 0.15) is 22.9 Å². The highest BCUT2D eigenvalue weighted by molar-refractivity contribution is 5.95. The highest BCUT2D eigenvalue weighted by atomic mass is 19.1. The number of benzene rings is 2. The average molecular weight is 382 g/mol. The summed E-state index contributed by atoms with van der Waals surface area (Å²) in [5.41, 5.74) is 6.82. The molecule has 2 aromatic carbocycles. The van der Waals surface area contributed by atoms with E-state index in [1.807, 2.05) is 12.1 Å². The van der Waals surface area contributed by atoms with Gasteiger partial charge in [-0.05, 0) is 61.7 Å². The number of amides is 2. The number of carbonyl (C=O) groups is 2. The van der Waals surface area contributed by atoms with Crippen molar-refractivity contribution in [3.63, 3.8) is 0 Å². The van der Waals surface area contributed by atoms with Crippen molar-refractivity contribution in [1.29, 1.82) is 0 Å². The fourth-order valence-electron chi connectivity index (χ4n) is 3.32. The number of hydrogen-bond acceptors (Lipinski definition) is 4. The lowest BCUT2D eigenvalue weighted by atomic mass is 9.96. The van der Waals surface area contributed by atoms with Crippen LogP contribution in [-0.2, 0) is 17.6 Å². The maximum absolute atomic E-state index is 12.9. The summed E-state index contributed by atoms with van der Waals surface area (Å²) >= 11 is 0. The van der Waals surface area contributed by atoms with E-state index in [0.717, 1.165) is 42.4 Å². The summed E-state index contributed by atoms with van der Waals surface area (Å²) in [6.45, 7) is -0.255. The molecule has 28 heavy (non-hydrogen) atoms. The molecule has 0 aliphatic heterocycles. The van der Waals surface area contributed by atoms with Gasteiger partial charge < -0.3 is 9.15 Å². The minimum Gasteiger partial charge on any atom is -0.484 e. The van der Waals surface area contributed by atoms with Crippen LogP contribution in [0.25, 0.3) is 11.0 Å². The Morgan fingerprint density at radius 1 is 1.04 bits per heavy atom. The van der Waals surface area contributed by atoms with E-state index in [1.54, 1.807) is 6.07 Å². The van der Waals surface area contributed by atoms with Crippen LogP contribution >= 0.6 is 0 Å². The Balaban J connectivity index is 1.33. The van der Waals surface area contributed by atoms with Crippen LogP contribution in [0.5, 0.6) is 5.75 Å². The van der Waals surface area contributed by atoms with Crippen molar-refractivity contribution in [2.45, 2.75) is 25.7 Å². The van der Waals surface area contributed by atoms with Crippen LogP contribution < -0.4 is 15.6 Å². The number of halogens is 1. The zero-order valence-electron chi connectivity index (χ0n) is 15.1. The van der Waals surface area contributed by atoms with Gasteiger partial charge in [-0.3, -0.25) is 20.4 Å². The Labute approximate surface area is 160 Å². The molecular formula is C21H19FN2O4. The molecule has 4 rings (SSSR count). The van der Waals surface area contributed by atoms with Crippen LogP contribution in [0.4, 0.5) is 4.39 Å². The quantitative estimate of drug-likeness (QED) is 0.679. The molecule has 1 heterocycles. The van der Waals surface area contributed by atoms with E-state index in [9.17, 15) is 14.0 Å². The van der Waals surface area contributed by atoms with Gasteiger partial charge in [-0.25, -0.2) is 4.39 Å². The summed E-state index contributed by atoms with van der Waals surface area (Å²) in [6.07, 6.45) is 4.22. The van der Waals surface area contributed by atoms with E-state index in [2.05, 4.69) is 10.9 Å². The second kappa shape index (κ2) is 7.72. The molecule has 0 radical (unpaired) electrons. The molecule has 0 saturated heterocycles. The normalized spacial score (nSPS) is 13.0. The van der Waals surface area contributed by atoms with Crippen molar-refractivity contribution < 1.29 is 23.1 Å². The Morgan fingerprint density at radius 2 is 1.82 bits per heavy atom. The van der Waals surface area contributed by atoms with Crippen LogP contribution in [0.3, 0.4) is 0 Å². The van der Waals surface area contributed by atoms with Crippen molar-refractivity contribution in [3.8, 4) is 5.75 Å². The van der Waals surface area contributed by atoms with Crippen LogP contribution in [0.2, 0.25) is 0 Å². The first-order valence-electron chi connectivity index (χ1n) is 9.12. The Morgan fingerprint density at radius 3 is 2.64 bits per heavy atom. The highest BCUT2D eigenvalue weighted by Gasteiger charge is 2.18. The van der Waals surface area contributed by atoms with Gasteiger partial charge in [0.15, 0.2) is 6.61 Å². The molecule has 6 nitrogen and oxygen atoms in total. The molecule has 144 valence electrons. The fourth-order valence-corrected chi connectivity index (χ4v) is 3.32. The SMILES string of the molecule is O=C(COc1ccc2oc3c(c2c1)CCCC3)NNC(=O)c1ccc(F)cc1. The number of hydrogen-bond donors (Lipinski definition) is 2. The fraction of sp³-hybridized carbons (Fsp3) is 0.238. The predicted octanol–water partition coefficient (Wildman–Crippen LogP) is 3.29. The van der Waals surface area contributed by atoms with E-state index in [-0.39, 0.29) is 12.2 Å². The summed E-state index contributed by atoms with van der Waals surface area (Å²) in [6, 6.07) is 10.5. The molecule has 0 bridgehead atoms. The van der Waals surface area contributed by atoms with E-state index in [0.29, 0.717) is 5.75 Å². The van der Waals surface area contributed by atoms with E-state index in [4.69, 9.17) is 9.15 Å². The Bertz CT molecular complexity index is 1030. The minimum absolute atomic E-state index is 0.234. The lowest BCUT2D eigenvalue weighted by molar-refractivity contribution is -0.123. The number of ether oxygens (including phenoxy) is 1. The van der Waals surface area contributed by atoms with E-state index in [1.165, 1.54) is 29.8 Å². The van der Waals surface area contributed by atoms with Crippen LogP contribution in [0.1, 0.15) is 34.5 Å². The van der Waals surface area contributed by atoms with Crippen molar-refractivity contribution in [2.24, 2.45) is 0 Å². The van der Waals surface area contributed by atoms with Crippen molar-refractivity contribution in [3.05, 3.63) is 65.2 Å². The molecule has 0 saturated carbocycles. The molecule has 2 N–H and O–H groups in total. The van der Waals surface area contributed by atoms with Crippen LogP contribution in [0.15, 0.2) is 46.9 Å². The molecule has 2 amide bonds. The van der Waals surface area contributed by atoms with Gasteiger partial charge in [0.25, 0.3) is 11.8 Å². The molecule has 3 aromatic rings. The lowest BCUT2D eigenvalue weighted by Crippen LogP contribution is -2.43. The third-order valence-electron chi connectivity index (χ3n) is 4.72. The monoisotopic (exact) mass is 382 g/mol. The third-order valence-corrected chi connectivity index (χ3v) is 4.72. The standard InChI is InChI=1S/C21H19FN2O4/c22-14-7-5-13(6-8-14)21(26)24-23-20(25)12-27-15-9-10-19-17(11-15)16-3-1-2-4-18(16)28-19/h5-11H,1-4,12H2,(H,23,25)(H,24,26). The summed E-state index contributed by atoms with van der Waals surface area (Å²) in [7, 11) is 0. The van der Waals surface area contributed by atoms with Gasteiger partial charge in [0.05, 0.1) is 0 Å². The number of aryl methyl sites for hydroxylation is 2. The number of fused-ring (bicyclic) bond motifs is 3. The molecule has 0 atom stereocenters. The van der Waals surface area contributed by atoms with E-state index < -0.39 is 17.6 Å². The molecular weight excluding hydrogens is 363 g/mol. The topological polar surface area (TPSA) is 80.6 Å². The van der Waals surface area contributed by atoms with Gasteiger partial charge in [-0.15, -0.1) is 0 Å². The average Bonchev–Trinajstić information content (AvgIpc) is 3.09. The van der Waals surface area contributed by atoms with Crippen molar-refractivity contribution in [2.75, 3.05) is 6.61 Å².